The number of carboxylic acid groups (broad SMARTS) is 1. The van der Waals surface area contributed by atoms with Crippen LogP contribution in [-0.4, -0.2) is 33.2 Å². The van der Waals surface area contributed by atoms with Crippen molar-refractivity contribution in [3.05, 3.63) is 22.7 Å². The topological polar surface area (TPSA) is 105 Å². The van der Waals surface area contributed by atoms with Gasteiger partial charge in [0.05, 0.1) is 0 Å². The maximum absolute atomic E-state index is 11.9. The van der Waals surface area contributed by atoms with Crippen LogP contribution in [0.5, 0.6) is 0 Å². The van der Waals surface area contributed by atoms with Gasteiger partial charge in [-0.05, 0) is 23.8 Å². The summed E-state index contributed by atoms with van der Waals surface area (Å²) in [6.45, 7) is 3.82. The van der Waals surface area contributed by atoms with E-state index in [9.17, 15) is 9.59 Å². The number of carboxylic acids is 1. The largest absolute Gasteiger partial charge is 0.480 e. The molecule has 0 saturated carbocycles. The number of nitrogens with one attached hydrogen (secondary N) is 1. The monoisotopic (exact) mass is 337 g/mol. The van der Waals surface area contributed by atoms with E-state index in [-0.39, 0.29) is 24.7 Å². The summed E-state index contributed by atoms with van der Waals surface area (Å²) in [6.07, 6.45) is 0.772. The Hall–Kier alpha value is -2.22. The van der Waals surface area contributed by atoms with Gasteiger partial charge in [0.1, 0.15) is 6.04 Å². The Morgan fingerprint density at radius 3 is 2.83 bits per heavy atom. The number of hydrogen-bond acceptors (Lipinski definition) is 6. The number of thiophene rings is 1. The Balaban J connectivity index is 1.85. The molecule has 0 aliphatic heterocycles. The number of aliphatic carboxylic acids is 1. The van der Waals surface area contributed by atoms with Gasteiger partial charge < -0.3 is 14.9 Å². The first-order valence-electron chi connectivity index (χ1n) is 7.33. The lowest BCUT2D eigenvalue weighted by Gasteiger charge is -2.16. The highest BCUT2D eigenvalue weighted by atomic mass is 32.1. The van der Waals surface area contributed by atoms with Gasteiger partial charge in [-0.3, -0.25) is 4.79 Å². The van der Waals surface area contributed by atoms with Gasteiger partial charge in [-0.15, -0.1) is 0 Å². The molecule has 0 aliphatic rings. The van der Waals surface area contributed by atoms with Gasteiger partial charge in [0, 0.05) is 23.8 Å². The second-order valence-electron chi connectivity index (χ2n) is 5.61. The second-order valence-corrected chi connectivity index (χ2v) is 6.39. The fraction of sp³-hybridized carbons (Fsp3) is 0.467. The van der Waals surface area contributed by atoms with Crippen LogP contribution in [-0.2, 0) is 16.0 Å². The summed E-state index contributed by atoms with van der Waals surface area (Å²) < 4.78 is 5.10. The molecule has 0 aliphatic carbocycles. The first-order valence-corrected chi connectivity index (χ1v) is 8.27. The van der Waals surface area contributed by atoms with E-state index in [2.05, 4.69) is 15.5 Å². The van der Waals surface area contributed by atoms with Crippen molar-refractivity contribution in [3.63, 3.8) is 0 Å². The molecule has 2 aromatic heterocycles. The Morgan fingerprint density at radius 2 is 2.22 bits per heavy atom. The maximum Gasteiger partial charge on any atom is 0.326 e. The maximum atomic E-state index is 11.9. The van der Waals surface area contributed by atoms with Crippen molar-refractivity contribution in [2.75, 3.05) is 0 Å². The van der Waals surface area contributed by atoms with E-state index < -0.39 is 12.0 Å². The molecule has 0 fully saturated rings. The molecule has 2 rings (SSSR count). The average molecular weight is 337 g/mol. The van der Waals surface area contributed by atoms with E-state index in [1.807, 2.05) is 30.7 Å². The highest BCUT2D eigenvalue weighted by Crippen LogP contribution is 2.19. The SMILES string of the molecule is CC(C)C[C@H](NC(=O)CCc1nc(-c2ccsc2)no1)C(=O)O. The molecule has 0 radical (unpaired) electrons. The van der Waals surface area contributed by atoms with Gasteiger partial charge in [0.25, 0.3) is 0 Å². The summed E-state index contributed by atoms with van der Waals surface area (Å²) in [4.78, 5) is 27.2. The Kier molecular flexibility index (Phi) is 5.86. The zero-order valence-corrected chi connectivity index (χ0v) is 13.8. The van der Waals surface area contributed by atoms with Crippen molar-refractivity contribution in [2.45, 2.75) is 39.2 Å². The lowest BCUT2D eigenvalue weighted by atomic mass is 10.0. The van der Waals surface area contributed by atoms with Crippen molar-refractivity contribution in [3.8, 4) is 11.4 Å². The third-order valence-electron chi connectivity index (χ3n) is 3.15. The lowest BCUT2D eigenvalue weighted by Crippen LogP contribution is -2.41. The van der Waals surface area contributed by atoms with Crippen LogP contribution in [0, 0.1) is 5.92 Å². The predicted octanol–water partition coefficient (Wildman–Crippen LogP) is 2.35. The smallest absolute Gasteiger partial charge is 0.326 e. The summed E-state index contributed by atoms with van der Waals surface area (Å²) in [7, 11) is 0. The predicted molar refractivity (Wildman–Crippen MR) is 85.0 cm³/mol. The molecule has 1 atom stereocenters. The summed E-state index contributed by atoms with van der Waals surface area (Å²) in [5, 5.41) is 19.3. The number of amides is 1. The Bertz CT molecular complexity index is 651. The molecule has 124 valence electrons. The van der Waals surface area contributed by atoms with Crippen molar-refractivity contribution >= 4 is 23.2 Å². The van der Waals surface area contributed by atoms with E-state index in [0.717, 1.165) is 5.56 Å². The normalized spacial score (nSPS) is 12.3. The van der Waals surface area contributed by atoms with E-state index >= 15 is 0 Å². The molecule has 0 saturated heterocycles. The number of aromatic nitrogens is 2. The van der Waals surface area contributed by atoms with E-state index in [1.165, 1.54) is 11.3 Å². The molecule has 0 spiro atoms. The quantitative estimate of drug-likeness (QED) is 0.766. The minimum atomic E-state index is -1.02. The minimum absolute atomic E-state index is 0.104. The van der Waals surface area contributed by atoms with Crippen molar-refractivity contribution < 1.29 is 19.2 Å². The summed E-state index contributed by atoms with van der Waals surface area (Å²) in [5.74, 6) is -0.333. The number of carbonyl (C=O) groups is 2. The van der Waals surface area contributed by atoms with Gasteiger partial charge in [-0.2, -0.15) is 16.3 Å². The zero-order chi connectivity index (χ0) is 16.8. The lowest BCUT2D eigenvalue weighted by molar-refractivity contribution is -0.142. The van der Waals surface area contributed by atoms with E-state index in [4.69, 9.17) is 9.63 Å². The molecular weight excluding hydrogens is 318 g/mol. The molecule has 0 bridgehead atoms. The number of aryl methyl sites for hydroxylation is 1. The van der Waals surface area contributed by atoms with Gasteiger partial charge in [-0.1, -0.05) is 19.0 Å². The van der Waals surface area contributed by atoms with Crippen LogP contribution in [0.25, 0.3) is 11.4 Å². The molecule has 1 amide bonds. The zero-order valence-electron chi connectivity index (χ0n) is 13.0. The Labute approximate surface area is 137 Å². The standard InChI is InChI=1S/C15H19N3O4S/c1-9(2)7-11(15(20)21)16-12(19)3-4-13-17-14(18-22-13)10-5-6-23-8-10/h5-6,8-9,11H,3-4,7H2,1-2H3,(H,16,19)(H,20,21)/t11-/m0/s1. The minimum Gasteiger partial charge on any atom is -0.480 e. The van der Waals surface area contributed by atoms with Crippen LogP contribution in [0.1, 0.15) is 32.6 Å². The fourth-order valence-electron chi connectivity index (χ4n) is 2.05. The van der Waals surface area contributed by atoms with Crippen LogP contribution < -0.4 is 5.32 Å². The van der Waals surface area contributed by atoms with Crippen molar-refractivity contribution in [1.29, 1.82) is 0 Å². The number of rotatable bonds is 8. The van der Waals surface area contributed by atoms with E-state index in [0.29, 0.717) is 18.1 Å². The molecule has 8 heteroatoms. The number of hydrogen-bond donors (Lipinski definition) is 2. The van der Waals surface area contributed by atoms with Gasteiger partial charge in [0.15, 0.2) is 0 Å². The van der Waals surface area contributed by atoms with Crippen molar-refractivity contribution in [2.24, 2.45) is 5.92 Å². The molecular formula is C15H19N3O4S. The molecule has 2 N–H and O–H groups in total. The highest BCUT2D eigenvalue weighted by molar-refractivity contribution is 7.08. The number of nitrogens with zero attached hydrogens (tertiary/aromatic N) is 2. The van der Waals surface area contributed by atoms with Crippen LogP contribution >= 0.6 is 11.3 Å². The molecule has 2 heterocycles. The summed E-state index contributed by atoms with van der Waals surface area (Å²) in [6, 6.07) is 1.02. The summed E-state index contributed by atoms with van der Waals surface area (Å²) >= 11 is 1.53. The van der Waals surface area contributed by atoms with Crippen molar-refractivity contribution in [1.82, 2.24) is 15.5 Å². The summed E-state index contributed by atoms with van der Waals surface area (Å²) in [5.41, 5.74) is 0.873. The third kappa shape index (κ3) is 5.17. The molecule has 0 unspecified atom stereocenters. The first-order chi connectivity index (χ1) is 11.0. The van der Waals surface area contributed by atoms with Crippen LogP contribution in [0.2, 0.25) is 0 Å². The fourth-order valence-corrected chi connectivity index (χ4v) is 2.68. The molecule has 0 aromatic carbocycles. The average Bonchev–Trinajstić information content (AvgIpc) is 3.14. The van der Waals surface area contributed by atoms with E-state index in [1.54, 1.807) is 0 Å². The second kappa shape index (κ2) is 7.87. The van der Waals surface area contributed by atoms with Crippen LogP contribution in [0.3, 0.4) is 0 Å². The van der Waals surface area contributed by atoms with Gasteiger partial charge in [-0.25, -0.2) is 4.79 Å². The van der Waals surface area contributed by atoms with Crippen LogP contribution in [0.4, 0.5) is 0 Å². The highest BCUT2D eigenvalue weighted by Gasteiger charge is 2.21. The number of carbonyl (C=O) groups excluding carboxylic acids is 1. The molecule has 23 heavy (non-hydrogen) atoms. The Morgan fingerprint density at radius 1 is 1.43 bits per heavy atom. The molecule has 7 nitrogen and oxygen atoms in total. The van der Waals surface area contributed by atoms with Gasteiger partial charge >= 0.3 is 5.97 Å². The molecule has 2 aromatic rings. The van der Waals surface area contributed by atoms with Crippen LogP contribution in [0.15, 0.2) is 21.3 Å². The third-order valence-corrected chi connectivity index (χ3v) is 3.84. The first kappa shape index (κ1) is 17.1. The van der Waals surface area contributed by atoms with Gasteiger partial charge in [0.2, 0.25) is 17.6 Å².